The highest BCUT2D eigenvalue weighted by Crippen LogP contribution is 2.30. The summed E-state index contributed by atoms with van der Waals surface area (Å²) in [6, 6.07) is 7.65. The quantitative estimate of drug-likeness (QED) is 0.296. The average Bonchev–Trinajstić information content (AvgIpc) is 3.57. The van der Waals surface area contributed by atoms with Crippen LogP contribution in [0.25, 0.3) is 33.4 Å². The lowest BCUT2D eigenvalue weighted by Gasteiger charge is -2.18. The monoisotopic (exact) mass is 506 g/mol. The topological polar surface area (TPSA) is 134 Å². The molecule has 0 saturated heterocycles. The molecule has 5 aromatic heterocycles. The second-order valence-electron chi connectivity index (χ2n) is 10.4. The number of carbonyl (C=O) groups excluding carboxylic acids is 1. The van der Waals surface area contributed by atoms with Crippen LogP contribution in [0.15, 0.2) is 71.0 Å². The number of anilines is 2. The number of amides is 1. The molecular formula is C28H26N8O2. The van der Waals surface area contributed by atoms with Crippen LogP contribution < -0.4 is 10.6 Å². The first-order chi connectivity index (χ1) is 18.3. The van der Waals surface area contributed by atoms with Gasteiger partial charge >= 0.3 is 0 Å². The van der Waals surface area contributed by atoms with E-state index in [1.165, 1.54) is 0 Å². The molecule has 0 atom stereocenters. The molecule has 0 spiro atoms. The molecule has 10 heteroatoms. The zero-order chi connectivity index (χ0) is 26.3. The van der Waals surface area contributed by atoms with E-state index in [4.69, 9.17) is 14.4 Å². The van der Waals surface area contributed by atoms with Gasteiger partial charge in [0, 0.05) is 47.3 Å². The highest BCUT2D eigenvalue weighted by Gasteiger charge is 2.22. The molecule has 3 N–H and O–H groups in total. The third kappa shape index (κ3) is 4.63. The van der Waals surface area contributed by atoms with Crippen LogP contribution in [0, 0.1) is 5.41 Å². The van der Waals surface area contributed by atoms with Crippen molar-refractivity contribution in [1.82, 2.24) is 24.9 Å². The first kappa shape index (κ1) is 23.5. The van der Waals surface area contributed by atoms with Crippen molar-refractivity contribution in [3.63, 3.8) is 0 Å². The first-order valence-electron chi connectivity index (χ1n) is 12.3. The van der Waals surface area contributed by atoms with Gasteiger partial charge in [0.2, 0.25) is 5.91 Å². The van der Waals surface area contributed by atoms with E-state index >= 15 is 0 Å². The Bertz CT molecular complexity index is 1680. The van der Waals surface area contributed by atoms with E-state index in [1.54, 1.807) is 37.3 Å². The number of fused-ring (bicyclic) bond motifs is 2. The van der Waals surface area contributed by atoms with Crippen molar-refractivity contribution < 1.29 is 9.21 Å². The van der Waals surface area contributed by atoms with Crippen LogP contribution in [0.4, 0.5) is 11.5 Å². The third-order valence-corrected chi connectivity index (χ3v) is 6.09. The summed E-state index contributed by atoms with van der Waals surface area (Å²) in [6.45, 7) is 6.48. The number of aliphatic imine (C=N–C) groups is 1. The van der Waals surface area contributed by atoms with Gasteiger partial charge in [0.15, 0.2) is 5.82 Å². The Labute approximate surface area is 218 Å². The van der Waals surface area contributed by atoms with Crippen molar-refractivity contribution in [2.45, 2.75) is 27.2 Å². The summed E-state index contributed by atoms with van der Waals surface area (Å²) in [4.78, 5) is 38.9. The number of carbonyl (C=O) groups is 1. The Morgan fingerprint density at radius 1 is 1.08 bits per heavy atom. The molecule has 0 fully saturated rings. The van der Waals surface area contributed by atoms with E-state index in [1.807, 2.05) is 45.0 Å². The van der Waals surface area contributed by atoms with Gasteiger partial charge in [-0.15, -0.1) is 0 Å². The van der Waals surface area contributed by atoms with Gasteiger partial charge in [0.1, 0.15) is 29.4 Å². The number of aromatic amines is 1. The molecule has 38 heavy (non-hydrogen) atoms. The Morgan fingerprint density at radius 2 is 1.95 bits per heavy atom. The number of rotatable bonds is 5. The minimum Gasteiger partial charge on any atom is -0.472 e. The Kier molecular flexibility index (Phi) is 5.71. The van der Waals surface area contributed by atoms with Gasteiger partial charge in [-0.2, -0.15) is 0 Å². The van der Waals surface area contributed by atoms with Crippen molar-refractivity contribution in [3.05, 3.63) is 73.0 Å². The molecular weight excluding hydrogens is 480 g/mol. The van der Waals surface area contributed by atoms with E-state index in [2.05, 4.69) is 30.6 Å². The molecule has 6 rings (SSSR count). The predicted octanol–water partition coefficient (Wildman–Crippen LogP) is 5.27. The zero-order valence-corrected chi connectivity index (χ0v) is 21.2. The lowest BCUT2D eigenvalue weighted by molar-refractivity contribution is -0.117. The molecule has 0 bridgehead atoms. The summed E-state index contributed by atoms with van der Waals surface area (Å²) < 4.78 is 5.25. The van der Waals surface area contributed by atoms with Gasteiger partial charge in [-0.05, 0) is 29.7 Å². The van der Waals surface area contributed by atoms with Crippen molar-refractivity contribution in [3.8, 4) is 22.4 Å². The largest absolute Gasteiger partial charge is 0.472 e. The van der Waals surface area contributed by atoms with Gasteiger partial charge in [-0.1, -0.05) is 20.8 Å². The van der Waals surface area contributed by atoms with Crippen LogP contribution in [-0.4, -0.2) is 43.2 Å². The number of aromatic nitrogens is 5. The van der Waals surface area contributed by atoms with Crippen molar-refractivity contribution in [2.24, 2.45) is 10.4 Å². The molecule has 5 aromatic rings. The Hall–Kier alpha value is -4.86. The van der Waals surface area contributed by atoms with Gasteiger partial charge in [0.05, 0.1) is 29.9 Å². The maximum absolute atomic E-state index is 12.4. The van der Waals surface area contributed by atoms with Crippen molar-refractivity contribution in [2.75, 3.05) is 17.3 Å². The van der Waals surface area contributed by atoms with E-state index in [0.29, 0.717) is 30.3 Å². The van der Waals surface area contributed by atoms with Crippen LogP contribution in [-0.2, 0) is 4.79 Å². The zero-order valence-electron chi connectivity index (χ0n) is 21.2. The standard InChI is InChI=1S/C28H26N8O2/c1-28(2,3)10-22(37)34-19-8-17(11-29-13-19)18-9-20-24(32-15-33-26(20)31-12-18)27-35-21-4-6-30-23(25(21)36-27)16-5-7-38-14-16/h4-9,11-14H,10,15H2,1-3H3,(H,31,33)(H,34,37)(H,35,36). The molecule has 1 amide bonds. The minimum atomic E-state index is -0.105. The minimum absolute atomic E-state index is 0.0483. The molecule has 0 unspecified atom stereocenters. The van der Waals surface area contributed by atoms with Crippen LogP contribution in [0.1, 0.15) is 38.6 Å². The van der Waals surface area contributed by atoms with E-state index in [0.717, 1.165) is 44.8 Å². The van der Waals surface area contributed by atoms with Crippen LogP contribution in [0.5, 0.6) is 0 Å². The molecule has 0 saturated carbocycles. The fraction of sp³-hybridized carbons (Fsp3) is 0.214. The van der Waals surface area contributed by atoms with Gasteiger partial charge in [-0.3, -0.25) is 19.8 Å². The van der Waals surface area contributed by atoms with E-state index in [9.17, 15) is 4.79 Å². The maximum atomic E-state index is 12.4. The predicted molar refractivity (Wildman–Crippen MR) is 146 cm³/mol. The molecule has 1 aliphatic rings. The lowest BCUT2D eigenvalue weighted by Crippen LogP contribution is -2.19. The third-order valence-electron chi connectivity index (χ3n) is 6.09. The van der Waals surface area contributed by atoms with Crippen LogP contribution >= 0.6 is 0 Å². The highest BCUT2D eigenvalue weighted by molar-refractivity contribution is 6.16. The van der Waals surface area contributed by atoms with Crippen molar-refractivity contribution >= 4 is 34.2 Å². The summed E-state index contributed by atoms with van der Waals surface area (Å²) >= 11 is 0. The molecule has 1 aliphatic heterocycles. The lowest BCUT2D eigenvalue weighted by atomic mass is 9.92. The number of H-pyrrole nitrogens is 1. The summed E-state index contributed by atoms with van der Waals surface area (Å²) in [5.74, 6) is 1.29. The van der Waals surface area contributed by atoms with Crippen LogP contribution in [0.3, 0.4) is 0 Å². The SMILES string of the molecule is CC(C)(C)CC(=O)Nc1cncc(-c2cnc3c(c2)C(c2nc4c(-c5ccoc5)nccc4[nH]2)=NCN3)c1. The van der Waals surface area contributed by atoms with Gasteiger partial charge < -0.3 is 20.0 Å². The van der Waals surface area contributed by atoms with Crippen molar-refractivity contribution in [1.29, 1.82) is 0 Å². The second kappa shape index (κ2) is 9.22. The van der Waals surface area contributed by atoms with Crippen LogP contribution in [0.2, 0.25) is 0 Å². The molecule has 0 radical (unpaired) electrons. The average molecular weight is 507 g/mol. The van der Waals surface area contributed by atoms with E-state index in [-0.39, 0.29) is 11.3 Å². The normalized spacial score (nSPS) is 13.1. The fourth-order valence-corrected chi connectivity index (χ4v) is 4.44. The van der Waals surface area contributed by atoms with E-state index < -0.39 is 0 Å². The Balaban J connectivity index is 1.34. The molecule has 0 aliphatic carbocycles. The number of hydrogen-bond acceptors (Lipinski definition) is 8. The molecule has 190 valence electrons. The Morgan fingerprint density at radius 3 is 2.76 bits per heavy atom. The molecule has 10 nitrogen and oxygen atoms in total. The first-order valence-corrected chi connectivity index (χ1v) is 12.3. The number of pyridine rings is 3. The smallest absolute Gasteiger partial charge is 0.224 e. The highest BCUT2D eigenvalue weighted by atomic mass is 16.3. The summed E-state index contributed by atoms with van der Waals surface area (Å²) in [7, 11) is 0. The number of furan rings is 1. The fourth-order valence-electron chi connectivity index (χ4n) is 4.44. The number of nitrogens with zero attached hydrogens (tertiary/aromatic N) is 5. The number of imidazole rings is 1. The molecule has 0 aromatic carbocycles. The second-order valence-corrected chi connectivity index (χ2v) is 10.4. The maximum Gasteiger partial charge on any atom is 0.224 e. The van der Waals surface area contributed by atoms with Gasteiger partial charge in [-0.25, -0.2) is 9.97 Å². The number of nitrogens with one attached hydrogen (secondary N) is 3. The van der Waals surface area contributed by atoms with Gasteiger partial charge in [0.25, 0.3) is 0 Å². The number of hydrogen-bond donors (Lipinski definition) is 3. The summed E-state index contributed by atoms with van der Waals surface area (Å²) in [5.41, 5.74) is 6.89. The summed E-state index contributed by atoms with van der Waals surface area (Å²) in [5, 5.41) is 6.18. The molecule has 6 heterocycles. The summed E-state index contributed by atoms with van der Waals surface area (Å²) in [6.07, 6.45) is 10.6.